The minimum atomic E-state index is -4.26. The van der Waals surface area contributed by atoms with E-state index in [0.717, 1.165) is 6.07 Å². The van der Waals surface area contributed by atoms with E-state index >= 15 is 0 Å². The smallest absolute Gasteiger partial charge is 0.257 e. The average Bonchev–Trinajstić information content (AvgIpc) is 2.69. The quantitative estimate of drug-likeness (QED) is 0.749. The Kier molecular flexibility index (Phi) is 2.67. The number of rotatable bonds is 1. The van der Waals surface area contributed by atoms with E-state index in [9.17, 15) is 13.2 Å². The lowest BCUT2D eigenvalue weighted by molar-refractivity contribution is -0.138. The van der Waals surface area contributed by atoms with Gasteiger partial charge in [0.2, 0.25) is 0 Å². The second-order valence-electron chi connectivity index (χ2n) is 3.54. The Bertz CT molecular complexity index is 343. The van der Waals surface area contributed by atoms with Gasteiger partial charge in [0.05, 0.1) is 5.56 Å². The molecule has 0 spiro atoms. The van der Waals surface area contributed by atoms with Gasteiger partial charge in [-0.2, -0.15) is 13.2 Å². The van der Waals surface area contributed by atoms with E-state index in [1.54, 1.807) is 12.1 Å². The van der Waals surface area contributed by atoms with Gasteiger partial charge < -0.3 is 0 Å². The number of halogens is 3. The van der Waals surface area contributed by atoms with E-state index in [-0.39, 0.29) is 5.92 Å². The van der Waals surface area contributed by atoms with Crippen LogP contribution in [0.2, 0.25) is 0 Å². The summed E-state index contributed by atoms with van der Waals surface area (Å²) >= 11 is 0. The van der Waals surface area contributed by atoms with Crippen LogP contribution >= 0.6 is 0 Å². The molecule has 1 heterocycles. The largest absolute Gasteiger partial charge is 0.416 e. The number of nitrogens with one attached hydrogen (secondary N) is 2. The zero-order valence-corrected chi connectivity index (χ0v) is 7.93. The van der Waals surface area contributed by atoms with E-state index in [1.807, 2.05) is 0 Å². The number of alkyl halides is 3. The molecular formula is C10H11F3N2. The normalized spacial score (nSPS) is 18.3. The molecule has 1 saturated heterocycles. The molecule has 1 aliphatic heterocycles. The van der Waals surface area contributed by atoms with Crippen LogP contribution in [0.25, 0.3) is 0 Å². The Morgan fingerprint density at radius 1 is 1.07 bits per heavy atom. The third-order valence-corrected chi connectivity index (χ3v) is 2.53. The minimum absolute atomic E-state index is 0.108. The molecule has 5 heteroatoms. The summed E-state index contributed by atoms with van der Waals surface area (Å²) < 4.78 is 38.0. The zero-order chi connectivity index (χ0) is 10.9. The highest BCUT2D eigenvalue weighted by Gasteiger charge is 2.35. The number of hydrogen-bond donors (Lipinski definition) is 2. The summed E-state index contributed by atoms with van der Waals surface area (Å²) in [5, 5.41) is 0. The van der Waals surface area contributed by atoms with Crippen LogP contribution in [0.5, 0.6) is 0 Å². The second-order valence-corrected chi connectivity index (χ2v) is 3.54. The highest BCUT2D eigenvalue weighted by molar-refractivity contribution is 5.33. The van der Waals surface area contributed by atoms with Gasteiger partial charge in [0.1, 0.15) is 0 Å². The van der Waals surface area contributed by atoms with Crippen LogP contribution in [0.15, 0.2) is 24.3 Å². The van der Waals surface area contributed by atoms with Gasteiger partial charge in [-0.05, 0) is 11.6 Å². The van der Waals surface area contributed by atoms with Crippen LogP contribution in [0, 0.1) is 0 Å². The average molecular weight is 216 g/mol. The van der Waals surface area contributed by atoms with Gasteiger partial charge in [0.25, 0.3) is 0 Å². The molecule has 0 radical (unpaired) electrons. The zero-order valence-electron chi connectivity index (χ0n) is 7.93. The van der Waals surface area contributed by atoms with Gasteiger partial charge in [-0.1, -0.05) is 18.2 Å². The monoisotopic (exact) mass is 216 g/mol. The highest BCUT2D eigenvalue weighted by Crippen LogP contribution is 2.35. The lowest BCUT2D eigenvalue weighted by atomic mass is 9.95. The Morgan fingerprint density at radius 3 is 2.27 bits per heavy atom. The molecular weight excluding hydrogens is 205 g/mol. The van der Waals surface area contributed by atoms with Crippen molar-refractivity contribution in [2.45, 2.75) is 12.1 Å². The summed E-state index contributed by atoms with van der Waals surface area (Å²) in [5.41, 5.74) is 5.50. The fourth-order valence-corrected chi connectivity index (χ4v) is 1.79. The molecule has 1 fully saturated rings. The van der Waals surface area contributed by atoms with Gasteiger partial charge in [0.15, 0.2) is 0 Å². The van der Waals surface area contributed by atoms with Crippen molar-refractivity contribution in [3.63, 3.8) is 0 Å². The van der Waals surface area contributed by atoms with Crippen molar-refractivity contribution in [2.75, 3.05) is 13.1 Å². The first-order valence-electron chi connectivity index (χ1n) is 4.71. The molecule has 2 rings (SSSR count). The third kappa shape index (κ3) is 2.13. The summed E-state index contributed by atoms with van der Waals surface area (Å²) in [4.78, 5) is 0. The lowest BCUT2D eigenvalue weighted by Crippen LogP contribution is -2.21. The van der Waals surface area contributed by atoms with Crippen LogP contribution in [0.1, 0.15) is 17.0 Å². The number of hydrogen-bond acceptors (Lipinski definition) is 2. The molecule has 0 amide bonds. The van der Waals surface area contributed by atoms with Crippen molar-refractivity contribution in [3.8, 4) is 0 Å². The first-order valence-corrected chi connectivity index (χ1v) is 4.71. The summed E-state index contributed by atoms with van der Waals surface area (Å²) in [6, 6.07) is 5.74. The fourth-order valence-electron chi connectivity index (χ4n) is 1.79. The van der Waals surface area contributed by atoms with Gasteiger partial charge in [-0.15, -0.1) is 0 Å². The molecule has 1 aliphatic rings. The summed E-state index contributed by atoms with van der Waals surface area (Å²) in [6.07, 6.45) is -4.26. The Labute approximate surface area is 85.5 Å². The molecule has 0 saturated carbocycles. The first-order chi connectivity index (χ1) is 7.09. The van der Waals surface area contributed by atoms with Crippen LogP contribution in [-0.2, 0) is 6.18 Å². The molecule has 82 valence electrons. The Hall–Kier alpha value is -1.07. The van der Waals surface area contributed by atoms with Crippen LogP contribution in [-0.4, -0.2) is 13.1 Å². The molecule has 1 aromatic carbocycles. The van der Waals surface area contributed by atoms with Crippen LogP contribution in [0.3, 0.4) is 0 Å². The summed E-state index contributed by atoms with van der Waals surface area (Å²) in [7, 11) is 0. The molecule has 0 bridgehead atoms. The molecule has 2 N–H and O–H groups in total. The third-order valence-electron chi connectivity index (χ3n) is 2.53. The van der Waals surface area contributed by atoms with Crippen LogP contribution < -0.4 is 10.9 Å². The van der Waals surface area contributed by atoms with E-state index in [4.69, 9.17) is 0 Å². The predicted octanol–water partition coefficient (Wildman–Crippen LogP) is 1.90. The maximum Gasteiger partial charge on any atom is 0.416 e. The molecule has 0 aromatic heterocycles. The molecule has 2 nitrogen and oxygen atoms in total. The lowest BCUT2D eigenvalue weighted by Gasteiger charge is -2.16. The van der Waals surface area contributed by atoms with Crippen molar-refractivity contribution >= 4 is 0 Å². The number of benzene rings is 1. The van der Waals surface area contributed by atoms with Crippen molar-refractivity contribution in [3.05, 3.63) is 35.4 Å². The van der Waals surface area contributed by atoms with Gasteiger partial charge >= 0.3 is 6.18 Å². The van der Waals surface area contributed by atoms with E-state index in [1.165, 1.54) is 6.07 Å². The second kappa shape index (κ2) is 3.83. The van der Waals surface area contributed by atoms with Crippen molar-refractivity contribution in [1.82, 2.24) is 10.9 Å². The molecule has 0 atom stereocenters. The van der Waals surface area contributed by atoms with Crippen molar-refractivity contribution < 1.29 is 13.2 Å². The standard InChI is InChI=1S/C10H11F3N2/c11-10(12,13)9-4-2-1-3-8(9)7-5-14-15-6-7/h1-4,7,14-15H,5-6H2. The van der Waals surface area contributed by atoms with Gasteiger partial charge in [0, 0.05) is 19.0 Å². The topological polar surface area (TPSA) is 24.1 Å². The molecule has 1 aromatic rings. The predicted molar refractivity (Wildman–Crippen MR) is 50.2 cm³/mol. The first kappa shape index (κ1) is 10.4. The van der Waals surface area contributed by atoms with Crippen LogP contribution in [0.4, 0.5) is 13.2 Å². The molecule has 0 unspecified atom stereocenters. The van der Waals surface area contributed by atoms with Gasteiger partial charge in [-0.3, -0.25) is 10.9 Å². The number of hydrazine groups is 1. The van der Waals surface area contributed by atoms with Crippen molar-refractivity contribution in [1.29, 1.82) is 0 Å². The van der Waals surface area contributed by atoms with Gasteiger partial charge in [-0.25, -0.2) is 0 Å². The Balaban J connectivity index is 2.37. The fraction of sp³-hybridized carbons (Fsp3) is 0.400. The molecule has 15 heavy (non-hydrogen) atoms. The summed E-state index contributed by atoms with van der Waals surface area (Å²) in [5.74, 6) is -0.108. The Morgan fingerprint density at radius 2 is 1.67 bits per heavy atom. The minimum Gasteiger partial charge on any atom is -0.257 e. The highest BCUT2D eigenvalue weighted by atomic mass is 19.4. The maximum atomic E-state index is 12.7. The SMILES string of the molecule is FC(F)(F)c1ccccc1C1CNNC1. The van der Waals surface area contributed by atoms with E-state index in [2.05, 4.69) is 10.9 Å². The van der Waals surface area contributed by atoms with E-state index in [0.29, 0.717) is 18.7 Å². The summed E-state index contributed by atoms with van der Waals surface area (Å²) in [6.45, 7) is 1.07. The molecule has 0 aliphatic carbocycles. The maximum absolute atomic E-state index is 12.7. The van der Waals surface area contributed by atoms with E-state index < -0.39 is 11.7 Å². The van der Waals surface area contributed by atoms with Crippen molar-refractivity contribution in [2.24, 2.45) is 0 Å².